The molecule has 0 bridgehead atoms. The van der Waals surface area contributed by atoms with Crippen LogP contribution >= 0.6 is 0 Å². The first-order chi connectivity index (χ1) is 6.24. The molecule has 70 valence electrons. The van der Waals surface area contributed by atoms with Crippen molar-refractivity contribution in [1.29, 1.82) is 0 Å². The predicted molar refractivity (Wildman–Crippen MR) is 49.0 cm³/mol. The molecule has 2 nitrogen and oxygen atoms in total. The van der Waals surface area contributed by atoms with Gasteiger partial charge in [-0.3, -0.25) is 4.79 Å². The lowest BCUT2D eigenvalue weighted by molar-refractivity contribution is -0.122. The minimum absolute atomic E-state index is 0.135. The van der Waals surface area contributed by atoms with Gasteiger partial charge < -0.3 is 5.32 Å². The molecule has 13 heavy (non-hydrogen) atoms. The average Bonchev–Trinajstić information content (AvgIpc) is 2.19. The smallest absolute Gasteiger partial charge is 0.251 e. The number of rotatable bonds is 3. The van der Waals surface area contributed by atoms with Gasteiger partial charge in [0.15, 0.2) is 6.67 Å². The van der Waals surface area contributed by atoms with Crippen LogP contribution in [0, 0.1) is 0 Å². The van der Waals surface area contributed by atoms with Gasteiger partial charge in [-0.15, -0.1) is 0 Å². The summed E-state index contributed by atoms with van der Waals surface area (Å²) in [5.41, 5.74) is 0.976. The molecule has 1 N–H and O–H groups in total. The van der Waals surface area contributed by atoms with Gasteiger partial charge in [-0.05, 0) is 12.5 Å². The molecule has 0 aromatic heterocycles. The largest absolute Gasteiger partial charge is 0.347 e. The van der Waals surface area contributed by atoms with Crippen molar-refractivity contribution in [3.63, 3.8) is 0 Å². The van der Waals surface area contributed by atoms with E-state index in [9.17, 15) is 9.18 Å². The Bertz CT molecular complexity index is 274. The average molecular weight is 181 g/mol. The number of halogens is 1. The Morgan fingerprint density at radius 3 is 2.62 bits per heavy atom. The molecule has 0 saturated heterocycles. The highest BCUT2D eigenvalue weighted by atomic mass is 19.1. The Morgan fingerprint density at radius 2 is 2.08 bits per heavy atom. The van der Waals surface area contributed by atoms with Gasteiger partial charge in [-0.2, -0.15) is 0 Å². The molecular formula is C10H12FNO. The molecule has 0 saturated carbocycles. The van der Waals surface area contributed by atoms with Crippen LogP contribution in [0.1, 0.15) is 18.5 Å². The van der Waals surface area contributed by atoms with E-state index in [1.807, 2.05) is 37.3 Å². The molecule has 1 aromatic carbocycles. The van der Waals surface area contributed by atoms with Crippen LogP contribution in [0.15, 0.2) is 30.3 Å². The molecule has 1 aromatic rings. The van der Waals surface area contributed by atoms with Crippen molar-refractivity contribution in [2.24, 2.45) is 0 Å². The number of amides is 1. The van der Waals surface area contributed by atoms with Gasteiger partial charge in [0.2, 0.25) is 0 Å². The third-order valence-electron chi connectivity index (χ3n) is 1.80. The van der Waals surface area contributed by atoms with E-state index in [0.29, 0.717) is 0 Å². The second-order valence-electron chi connectivity index (χ2n) is 2.83. The Kier molecular flexibility index (Phi) is 3.43. The molecule has 0 aliphatic heterocycles. The van der Waals surface area contributed by atoms with Crippen molar-refractivity contribution in [1.82, 2.24) is 5.32 Å². The minimum atomic E-state index is -0.961. The first-order valence-electron chi connectivity index (χ1n) is 4.14. The molecular weight excluding hydrogens is 169 g/mol. The van der Waals surface area contributed by atoms with E-state index < -0.39 is 12.6 Å². The zero-order chi connectivity index (χ0) is 9.68. The fourth-order valence-electron chi connectivity index (χ4n) is 1.11. The minimum Gasteiger partial charge on any atom is -0.347 e. The Hall–Kier alpha value is -1.38. The number of hydrogen-bond acceptors (Lipinski definition) is 1. The molecule has 1 unspecified atom stereocenters. The lowest BCUT2D eigenvalue weighted by Crippen LogP contribution is -2.27. The van der Waals surface area contributed by atoms with E-state index in [1.54, 1.807) is 0 Å². The molecule has 0 aliphatic rings. The van der Waals surface area contributed by atoms with Gasteiger partial charge in [0, 0.05) is 0 Å². The summed E-state index contributed by atoms with van der Waals surface area (Å²) in [5.74, 6) is -0.573. The summed E-state index contributed by atoms with van der Waals surface area (Å²) < 4.78 is 11.9. The van der Waals surface area contributed by atoms with Gasteiger partial charge in [0.25, 0.3) is 5.91 Å². The maximum Gasteiger partial charge on any atom is 0.251 e. The Balaban J connectivity index is 2.59. The first kappa shape index (κ1) is 9.71. The highest BCUT2D eigenvalue weighted by molar-refractivity contribution is 5.77. The maximum atomic E-state index is 11.9. The fraction of sp³-hybridized carbons (Fsp3) is 0.300. The van der Waals surface area contributed by atoms with Crippen molar-refractivity contribution in [3.05, 3.63) is 35.9 Å². The highest BCUT2D eigenvalue weighted by Crippen LogP contribution is 2.10. The van der Waals surface area contributed by atoms with Crippen molar-refractivity contribution < 1.29 is 9.18 Å². The van der Waals surface area contributed by atoms with E-state index in [-0.39, 0.29) is 6.04 Å². The summed E-state index contributed by atoms with van der Waals surface area (Å²) in [7, 11) is 0. The number of hydrogen-bond donors (Lipinski definition) is 1. The van der Waals surface area contributed by atoms with Gasteiger partial charge >= 0.3 is 0 Å². The van der Waals surface area contributed by atoms with Crippen LogP contribution in [-0.4, -0.2) is 12.6 Å². The van der Waals surface area contributed by atoms with Crippen molar-refractivity contribution >= 4 is 5.91 Å². The van der Waals surface area contributed by atoms with Gasteiger partial charge in [-0.1, -0.05) is 30.3 Å². The second kappa shape index (κ2) is 4.60. The monoisotopic (exact) mass is 181 g/mol. The zero-order valence-corrected chi connectivity index (χ0v) is 7.46. The van der Waals surface area contributed by atoms with E-state index in [0.717, 1.165) is 5.56 Å². The summed E-state index contributed by atoms with van der Waals surface area (Å²) in [6.45, 7) is 0.861. The van der Waals surface area contributed by atoms with Crippen LogP contribution < -0.4 is 5.32 Å². The summed E-state index contributed by atoms with van der Waals surface area (Å²) in [4.78, 5) is 10.7. The van der Waals surface area contributed by atoms with Gasteiger partial charge in [0.1, 0.15) is 0 Å². The molecule has 0 fully saturated rings. The maximum absolute atomic E-state index is 11.9. The number of carbonyl (C=O) groups excluding carboxylic acids is 1. The number of nitrogens with one attached hydrogen (secondary N) is 1. The normalized spacial score (nSPS) is 12.2. The summed E-state index contributed by atoms with van der Waals surface area (Å²) >= 11 is 0. The van der Waals surface area contributed by atoms with Crippen LogP contribution in [-0.2, 0) is 4.79 Å². The Morgan fingerprint density at radius 1 is 1.46 bits per heavy atom. The van der Waals surface area contributed by atoms with Crippen molar-refractivity contribution in [3.8, 4) is 0 Å². The van der Waals surface area contributed by atoms with Crippen LogP contribution in [0.2, 0.25) is 0 Å². The second-order valence-corrected chi connectivity index (χ2v) is 2.83. The third kappa shape index (κ3) is 2.86. The van der Waals surface area contributed by atoms with Gasteiger partial charge in [0.05, 0.1) is 6.04 Å². The number of carbonyl (C=O) groups is 1. The van der Waals surface area contributed by atoms with E-state index in [1.165, 1.54) is 0 Å². The molecule has 3 heteroatoms. The SMILES string of the molecule is CC(NC(=O)CF)c1ccccc1. The predicted octanol–water partition coefficient (Wildman–Crippen LogP) is 1.83. The van der Waals surface area contributed by atoms with Crippen LogP contribution in [0.4, 0.5) is 4.39 Å². The van der Waals surface area contributed by atoms with Gasteiger partial charge in [-0.25, -0.2) is 4.39 Å². The summed E-state index contributed by atoms with van der Waals surface area (Å²) in [6, 6.07) is 9.31. The third-order valence-corrected chi connectivity index (χ3v) is 1.80. The van der Waals surface area contributed by atoms with Crippen LogP contribution in [0.5, 0.6) is 0 Å². The molecule has 0 heterocycles. The molecule has 1 rings (SSSR count). The van der Waals surface area contributed by atoms with E-state index in [4.69, 9.17) is 0 Å². The summed E-state index contributed by atoms with van der Waals surface area (Å²) in [6.07, 6.45) is 0. The molecule has 0 aliphatic carbocycles. The number of benzene rings is 1. The van der Waals surface area contributed by atoms with E-state index >= 15 is 0 Å². The molecule has 0 spiro atoms. The quantitative estimate of drug-likeness (QED) is 0.757. The lowest BCUT2D eigenvalue weighted by atomic mass is 10.1. The lowest BCUT2D eigenvalue weighted by Gasteiger charge is -2.12. The molecule has 1 atom stereocenters. The fourth-order valence-corrected chi connectivity index (χ4v) is 1.11. The topological polar surface area (TPSA) is 29.1 Å². The standard InChI is InChI=1S/C10H12FNO/c1-8(12-10(13)7-11)9-5-3-2-4-6-9/h2-6,8H,7H2,1H3,(H,12,13). The van der Waals surface area contributed by atoms with Crippen LogP contribution in [0.25, 0.3) is 0 Å². The van der Waals surface area contributed by atoms with Crippen molar-refractivity contribution in [2.75, 3.05) is 6.67 Å². The molecule has 0 radical (unpaired) electrons. The zero-order valence-electron chi connectivity index (χ0n) is 7.46. The first-order valence-corrected chi connectivity index (χ1v) is 4.14. The summed E-state index contributed by atoms with van der Waals surface area (Å²) in [5, 5.41) is 2.53. The Labute approximate surface area is 76.8 Å². The van der Waals surface area contributed by atoms with Crippen molar-refractivity contribution in [2.45, 2.75) is 13.0 Å². The highest BCUT2D eigenvalue weighted by Gasteiger charge is 2.07. The van der Waals surface area contributed by atoms with Crippen LogP contribution in [0.3, 0.4) is 0 Å². The molecule has 1 amide bonds. The van der Waals surface area contributed by atoms with E-state index in [2.05, 4.69) is 5.32 Å². The number of alkyl halides is 1.